The molecule has 1 N–H and O–H groups in total. The second-order valence-corrected chi connectivity index (χ2v) is 6.85. The SMILES string of the molecule is CN=C(NCCOc1ccccc1C(F)(F)F)N1CCC(N2CCOCC2)C1. The molecule has 2 aliphatic rings. The minimum absolute atomic E-state index is 0.118. The van der Waals surface area contributed by atoms with Gasteiger partial charge < -0.3 is 19.7 Å². The van der Waals surface area contributed by atoms with Crippen molar-refractivity contribution in [2.24, 2.45) is 4.99 Å². The number of alkyl halides is 3. The quantitative estimate of drug-likeness (QED) is 0.466. The lowest BCUT2D eigenvalue weighted by atomic mass is 10.2. The summed E-state index contributed by atoms with van der Waals surface area (Å²) in [5, 5.41) is 3.19. The Labute approximate surface area is 163 Å². The Kier molecular flexibility index (Phi) is 7.01. The van der Waals surface area contributed by atoms with Gasteiger partial charge >= 0.3 is 6.18 Å². The highest BCUT2D eigenvalue weighted by Gasteiger charge is 2.34. The van der Waals surface area contributed by atoms with Gasteiger partial charge in [-0.05, 0) is 18.6 Å². The third-order valence-electron chi connectivity index (χ3n) is 5.07. The Balaban J connectivity index is 1.45. The van der Waals surface area contributed by atoms with Crippen LogP contribution in [0.3, 0.4) is 0 Å². The zero-order valence-electron chi connectivity index (χ0n) is 16.0. The molecule has 3 rings (SSSR count). The van der Waals surface area contributed by atoms with Crippen LogP contribution in [-0.4, -0.2) is 81.4 Å². The van der Waals surface area contributed by atoms with Crippen LogP contribution in [0.5, 0.6) is 5.75 Å². The van der Waals surface area contributed by atoms with Crippen LogP contribution in [0.2, 0.25) is 0 Å². The van der Waals surface area contributed by atoms with E-state index in [-0.39, 0.29) is 12.4 Å². The van der Waals surface area contributed by atoms with Gasteiger partial charge in [0.2, 0.25) is 0 Å². The van der Waals surface area contributed by atoms with Gasteiger partial charge in [-0.2, -0.15) is 13.2 Å². The highest BCUT2D eigenvalue weighted by molar-refractivity contribution is 5.80. The van der Waals surface area contributed by atoms with Gasteiger partial charge in [-0.25, -0.2) is 0 Å². The Bertz CT molecular complexity index is 663. The molecule has 2 fully saturated rings. The summed E-state index contributed by atoms with van der Waals surface area (Å²) in [7, 11) is 1.71. The van der Waals surface area contributed by atoms with Gasteiger partial charge in [-0.15, -0.1) is 0 Å². The van der Waals surface area contributed by atoms with Gasteiger partial charge in [-0.1, -0.05) is 12.1 Å². The highest BCUT2D eigenvalue weighted by atomic mass is 19.4. The minimum Gasteiger partial charge on any atom is -0.491 e. The molecule has 6 nitrogen and oxygen atoms in total. The summed E-state index contributed by atoms with van der Waals surface area (Å²) in [4.78, 5) is 8.94. The molecule has 2 heterocycles. The maximum atomic E-state index is 13.0. The number of aliphatic imine (C=N–C) groups is 1. The average molecular weight is 400 g/mol. The van der Waals surface area contributed by atoms with E-state index in [1.165, 1.54) is 18.2 Å². The van der Waals surface area contributed by atoms with Crippen molar-refractivity contribution in [3.05, 3.63) is 29.8 Å². The van der Waals surface area contributed by atoms with E-state index in [0.717, 1.165) is 57.8 Å². The standard InChI is InChI=1S/C19H27F3N4O2/c1-23-18(26-8-6-15(14-26)25-9-12-27-13-10-25)24-7-11-28-17-5-3-2-4-16(17)19(20,21)22/h2-5,15H,6-14H2,1H3,(H,23,24). The van der Waals surface area contributed by atoms with Crippen LogP contribution in [0.15, 0.2) is 29.3 Å². The smallest absolute Gasteiger partial charge is 0.419 e. The zero-order chi connectivity index (χ0) is 20.0. The number of hydrogen-bond acceptors (Lipinski definition) is 4. The summed E-state index contributed by atoms with van der Waals surface area (Å²) >= 11 is 0. The normalized spacial score (nSPS) is 21.8. The first-order valence-corrected chi connectivity index (χ1v) is 9.55. The molecule has 0 bridgehead atoms. The van der Waals surface area contributed by atoms with Crippen LogP contribution in [0, 0.1) is 0 Å². The second-order valence-electron chi connectivity index (χ2n) is 6.85. The fourth-order valence-corrected chi connectivity index (χ4v) is 3.66. The van der Waals surface area contributed by atoms with Crippen molar-refractivity contribution >= 4 is 5.96 Å². The first-order valence-electron chi connectivity index (χ1n) is 9.55. The first-order chi connectivity index (χ1) is 13.5. The van der Waals surface area contributed by atoms with E-state index in [0.29, 0.717) is 12.6 Å². The number of nitrogens with one attached hydrogen (secondary N) is 1. The molecule has 1 unspecified atom stereocenters. The van der Waals surface area contributed by atoms with E-state index in [2.05, 4.69) is 20.1 Å². The van der Waals surface area contributed by atoms with Crippen molar-refractivity contribution in [3.63, 3.8) is 0 Å². The summed E-state index contributed by atoms with van der Waals surface area (Å²) in [5.41, 5.74) is -0.757. The first kappa shape index (κ1) is 20.7. The third kappa shape index (κ3) is 5.29. The van der Waals surface area contributed by atoms with Crippen LogP contribution < -0.4 is 10.1 Å². The number of ether oxygens (including phenoxy) is 2. The molecule has 1 aromatic rings. The molecule has 156 valence electrons. The van der Waals surface area contributed by atoms with E-state index in [9.17, 15) is 13.2 Å². The second kappa shape index (κ2) is 9.47. The van der Waals surface area contributed by atoms with Crippen molar-refractivity contribution in [2.45, 2.75) is 18.6 Å². The zero-order valence-corrected chi connectivity index (χ0v) is 16.0. The molecule has 0 saturated carbocycles. The molecule has 2 saturated heterocycles. The van der Waals surface area contributed by atoms with Crippen LogP contribution in [-0.2, 0) is 10.9 Å². The van der Waals surface area contributed by atoms with Crippen LogP contribution in [0.1, 0.15) is 12.0 Å². The molecule has 9 heteroatoms. The van der Waals surface area contributed by atoms with E-state index < -0.39 is 11.7 Å². The van der Waals surface area contributed by atoms with E-state index in [4.69, 9.17) is 9.47 Å². The molecule has 28 heavy (non-hydrogen) atoms. The molecule has 0 amide bonds. The minimum atomic E-state index is -4.43. The van der Waals surface area contributed by atoms with E-state index in [1.807, 2.05) is 0 Å². The lowest BCUT2D eigenvalue weighted by Gasteiger charge is -2.32. The fourth-order valence-electron chi connectivity index (χ4n) is 3.66. The summed E-state index contributed by atoms with van der Waals surface area (Å²) in [6.45, 7) is 5.75. The van der Waals surface area contributed by atoms with Crippen LogP contribution in [0.4, 0.5) is 13.2 Å². The monoisotopic (exact) mass is 400 g/mol. The number of halogens is 3. The number of guanidine groups is 1. The number of nitrogens with zero attached hydrogens (tertiary/aromatic N) is 3. The summed E-state index contributed by atoms with van der Waals surface area (Å²) < 4.78 is 49.8. The average Bonchev–Trinajstić information content (AvgIpc) is 3.18. The summed E-state index contributed by atoms with van der Waals surface area (Å²) in [5.74, 6) is 0.601. The summed E-state index contributed by atoms with van der Waals surface area (Å²) in [6.07, 6.45) is -3.36. The van der Waals surface area contributed by atoms with Crippen molar-refractivity contribution in [3.8, 4) is 5.75 Å². The molecule has 0 radical (unpaired) electrons. The number of likely N-dealkylation sites (tertiary alicyclic amines) is 1. The maximum absolute atomic E-state index is 13.0. The Morgan fingerprint density at radius 2 is 2.00 bits per heavy atom. The fraction of sp³-hybridized carbons (Fsp3) is 0.632. The molecular weight excluding hydrogens is 373 g/mol. The molecule has 1 atom stereocenters. The van der Waals surface area contributed by atoms with E-state index >= 15 is 0 Å². The lowest BCUT2D eigenvalue weighted by Crippen LogP contribution is -2.47. The predicted octanol–water partition coefficient (Wildman–Crippen LogP) is 2.07. The van der Waals surface area contributed by atoms with Crippen LogP contribution in [0.25, 0.3) is 0 Å². The Morgan fingerprint density at radius 3 is 2.71 bits per heavy atom. The van der Waals surface area contributed by atoms with Crippen molar-refractivity contribution < 1.29 is 22.6 Å². The number of rotatable bonds is 5. The third-order valence-corrected chi connectivity index (χ3v) is 5.07. The van der Waals surface area contributed by atoms with Crippen molar-refractivity contribution in [1.29, 1.82) is 0 Å². The predicted molar refractivity (Wildman–Crippen MR) is 101 cm³/mol. The summed E-state index contributed by atoms with van der Waals surface area (Å²) in [6, 6.07) is 5.74. The largest absolute Gasteiger partial charge is 0.491 e. The van der Waals surface area contributed by atoms with Gasteiger partial charge in [0.1, 0.15) is 12.4 Å². The topological polar surface area (TPSA) is 49.3 Å². The molecule has 1 aromatic carbocycles. The molecular formula is C19H27F3N4O2. The lowest BCUT2D eigenvalue weighted by molar-refractivity contribution is -0.138. The van der Waals surface area contributed by atoms with Gasteiger partial charge in [0.25, 0.3) is 0 Å². The van der Waals surface area contributed by atoms with Gasteiger partial charge in [0.05, 0.1) is 25.3 Å². The van der Waals surface area contributed by atoms with Gasteiger partial charge in [0, 0.05) is 39.3 Å². The molecule has 0 spiro atoms. The van der Waals surface area contributed by atoms with Gasteiger partial charge in [-0.3, -0.25) is 9.89 Å². The Hall–Kier alpha value is -2.00. The van der Waals surface area contributed by atoms with E-state index in [1.54, 1.807) is 7.05 Å². The van der Waals surface area contributed by atoms with Gasteiger partial charge in [0.15, 0.2) is 5.96 Å². The molecule has 0 aliphatic carbocycles. The van der Waals surface area contributed by atoms with Crippen molar-refractivity contribution in [2.75, 3.05) is 59.6 Å². The van der Waals surface area contributed by atoms with Crippen molar-refractivity contribution in [1.82, 2.24) is 15.1 Å². The number of hydrogen-bond donors (Lipinski definition) is 1. The molecule has 2 aliphatic heterocycles. The Morgan fingerprint density at radius 1 is 1.25 bits per heavy atom. The number of benzene rings is 1. The number of morpholine rings is 1. The number of para-hydroxylation sites is 1. The molecule has 0 aromatic heterocycles. The maximum Gasteiger partial charge on any atom is 0.419 e. The highest BCUT2D eigenvalue weighted by Crippen LogP contribution is 2.35. The van der Waals surface area contributed by atoms with Crippen LogP contribution >= 0.6 is 0 Å².